The molecule has 13 heavy (non-hydrogen) atoms. The summed E-state index contributed by atoms with van der Waals surface area (Å²) in [5.74, 6) is 0.667. The monoisotopic (exact) mass is 195 g/mol. The molecule has 1 unspecified atom stereocenters. The fourth-order valence-corrected chi connectivity index (χ4v) is 2.07. The molecule has 1 aromatic heterocycles. The maximum absolute atomic E-state index is 11.1. The second-order valence-electron chi connectivity index (χ2n) is 3.38. The highest BCUT2D eigenvalue weighted by Gasteiger charge is 2.24. The van der Waals surface area contributed by atoms with Crippen molar-refractivity contribution in [2.75, 3.05) is 0 Å². The Balaban J connectivity index is 2.26. The number of carbonyl (C=O) groups excluding carboxylic acids is 1. The largest absolute Gasteiger partial charge is 0.300 e. The zero-order valence-corrected chi connectivity index (χ0v) is 7.92. The average Bonchev–Trinajstić information content (AvgIpc) is 2.53. The Kier molecular flexibility index (Phi) is 2.32. The molecule has 0 N–H and O–H groups in total. The van der Waals surface area contributed by atoms with Crippen LogP contribution in [0.3, 0.4) is 0 Å². The van der Waals surface area contributed by atoms with Gasteiger partial charge in [-0.1, -0.05) is 11.6 Å². The lowest BCUT2D eigenvalue weighted by atomic mass is 9.99. The SMILES string of the molecule is O=C1CCC(c2ccncc2Cl)C1. The summed E-state index contributed by atoms with van der Waals surface area (Å²) in [6, 6.07) is 1.91. The molecule has 1 aliphatic rings. The summed E-state index contributed by atoms with van der Waals surface area (Å²) in [5, 5.41) is 0.683. The number of rotatable bonds is 1. The van der Waals surface area contributed by atoms with E-state index in [-0.39, 0.29) is 0 Å². The fraction of sp³-hybridized carbons (Fsp3) is 0.400. The molecule has 2 rings (SSSR count). The Bertz CT molecular complexity index is 337. The van der Waals surface area contributed by atoms with Crippen LogP contribution in [0.4, 0.5) is 0 Å². The van der Waals surface area contributed by atoms with E-state index in [9.17, 15) is 4.79 Å². The van der Waals surface area contributed by atoms with Crippen molar-refractivity contribution in [2.24, 2.45) is 0 Å². The van der Waals surface area contributed by atoms with E-state index in [0.29, 0.717) is 29.6 Å². The van der Waals surface area contributed by atoms with Crippen LogP contribution in [0.25, 0.3) is 0 Å². The van der Waals surface area contributed by atoms with Gasteiger partial charge in [0.05, 0.1) is 5.02 Å². The van der Waals surface area contributed by atoms with Crippen LogP contribution >= 0.6 is 11.6 Å². The fourth-order valence-electron chi connectivity index (χ4n) is 1.80. The van der Waals surface area contributed by atoms with E-state index in [2.05, 4.69) is 4.98 Å². The molecule has 1 fully saturated rings. The highest BCUT2D eigenvalue weighted by molar-refractivity contribution is 6.31. The van der Waals surface area contributed by atoms with E-state index in [1.165, 1.54) is 0 Å². The smallest absolute Gasteiger partial charge is 0.133 e. The first-order chi connectivity index (χ1) is 6.27. The van der Waals surface area contributed by atoms with Gasteiger partial charge >= 0.3 is 0 Å². The Hall–Kier alpha value is -0.890. The van der Waals surface area contributed by atoms with Crippen LogP contribution in [0.5, 0.6) is 0 Å². The van der Waals surface area contributed by atoms with Gasteiger partial charge in [0, 0.05) is 25.2 Å². The maximum atomic E-state index is 11.1. The van der Waals surface area contributed by atoms with Crippen molar-refractivity contribution in [3.8, 4) is 0 Å². The molecule has 1 atom stereocenters. The summed E-state index contributed by atoms with van der Waals surface area (Å²) in [5.41, 5.74) is 1.07. The molecule has 2 nitrogen and oxygen atoms in total. The summed E-state index contributed by atoms with van der Waals surface area (Å²) in [4.78, 5) is 15.0. The third-order valence-electron chi connectivity index (χ3n) is 2.49. The number of hydrogen-bond acceptors (Lipinski definition) is 2. The summed E-state index contributed by atoms with van der Waals surface area (Å²) in [6.07, 6.45) is 5.64. The summed E-state index contributed by atoms with van der Waals surface area (Å²) in [6.45, 7) is 0. The number of aromatic nitrogens is 1. The quantitative estimate of drug-likeness (QED) is 0.690. The minimum absolute atomic E-state index is 0.322. The minimum Gasteiger partial charge on any atom is -0.300 e. The van der Waals surface area contributed by atoms with Gasteiger partial charge in [-0.15, -0.1) is 0 Å². The van der Waals surface area contributed by atoms with Crippen molar-refractivity contribution in [1.29, 1.82) is 0 Å². The van der Waals surface area contributed by atoms with Crippen LogP contribution < -0.4 is 0 Å². The van der Waals surface area contributed by atoms with Crippen molar-refractivity contribution in [2.45, 2.75) is 25.2 Å². The van der Waals surface area contributed by atoms with Gasteiger partial charge in [-0.3, -0.25) is 9.78 Å². The summed E-state index contributed by atoms with van der Waals surface area (Å²) < 4.78 is 0. The number of halogens is 1. The van der Waals surface area contributed by atoms with Crippen molar-refractivity contribution in [3.05, 3.63) is 29.0 Å². The summed E-state index contributed by atoms with van der Waals surface area (Å²) >= 11 is 5.98. The van der Waals surface area contributed by atoms with Gasteiger partial charge in [-0.25, -0.2) is 0 Å². The number of carbonyl (C=O) groups is 1. The lowest BCUT2D eigenvalue weighted by Crippen LogP contribution is -1.95. The molecule has 0 saturated heterocycles. The zero-order chi connectivity index (χ0) is 9.26. The lowest BCUT2D eigenvalue weighted by Gasteiger charge is -2.09. The molecule has 1 aliphatic carbocycles. The first-order valence-electron chi connectivity index (χ1n) is 4.38. The van der Waals surface area contributed by atoms with Crippen LogP contribution in [0.15, 0.2) is 18.5 Å². The Morgan fingerprint density at radius 1 is 1.54 bits per heavy atom. The van der Waals surface area contributed by atoms with Crippen molar-refractivity contribution < 1.29 is 4.79 Å². The molecule has 1 aromatic rings. The van der Waals surface area contributed by atoms with Gasteiger partial charge < -0.3 is 0 Å². The van der Waals surface area contributed by atoms with Gasteiger partial charge in [-0.2, -0.15) is 0 Å². The predicted octanol–water partition coefficient (Wildman–Crippen LogP) is 2.57. The summed E-state index contributed by atoms with van der Waals surface area (Å²) in [7, 11) is 0. The molecule has 68 valence electrons. The van der Waals surface area contributed by atoms with Gasteiger partial charge in [0.1, 0.15) is 5.78 Å². The van der Waals surface area contributed by atoms with E-state index >= 15 is 0 Å². The topological polar surface area (TPSA) is 30.0 Å². The molecule has 1 saturated carbocycles. The van der Waals surface area contributed by atoms with Crippen molar-refractivity contribution in [3.63, 3.8) is 0 Å². The Labute approximate surface area is 81.9 Å². The number of Topliss-reactive ketones (excluding diaryl/α,β-unsaturated/α-hetero) is 1. The average molecular weight is 196 g/mol. The maximum Gasteiger partial charge on any atom is 0.133 e. The van der Waals surface area contributed by atoms with Crippen molar-refractivity contribution in [1.82, 2.24) is 4.98 Å². The third-order valence-corrected chi connectivity index (χ3v) is 2.81. The molecular weight excluding hydrogens is 186 g/mol. The molecule has 0 aliphatic heterocycles. The second kappa shape index (κ2) is 3.46. The van der Waals surface area contributed by atoms with E-state index in [1.54, 1.807) is 12.4 Å². The molecule has 0 spiro atoms. The second-order valence-corrected chi connectivity index (χ2v) is 3.78. The number of pyridine rings is 1. The van der Waals surface area contributed by atoms with Crippen LogP contribution in [0.1, 0.15) is 30.7 Å². The van der Waals surface area contributed by atoms with Crippen LogP contribution in [-0.4, -0.2) is 10.8 Å². The Morgan fingerprint density at radius 3 is 3.00 bits per heavy atom. The van der Waals surface area contributed by atoms with Gasteiger partial charge in [0.15, 0.2) is 0 Å². The first-order valence-corrected chi connectivity index (χ1v) is 4.76. The lowest BCUT2D eigenvalue weighted by molar-refractivity contribution is -0.117. The van der Waals surface area contributed by atoms with E-state index in [4.69, 9.17) is 11.6 Å². The highest BCUT2D eigenvalue weighted by atomic mass is 35.5. The van der Waals surface area contributed by atoms with Crippen LogP contribution in [-0.2, 0) is 4.79 Å². The molecule has 1 heterocycles. The van der Waals surface area contributed by atoms with Gasteiger partial charge in [0.25, 0.3) is 0 Å². The van der Waals surface area contributed by atoms with Crippen LogP contribution in [0.2, 0.25) is 5.02 Å². The minimum atomic E-state index is 0.322. The van der Waals surface area contributed by atoms with E-state index in [1.807, 2.05) is 6.07 Å². The zero-order valence-electron chi connectivity index (χ0n) is 7.16. The number of hydrogen-bond donors (Lipinski definition) is 0. The third kappa shape index (κ3) is 1.73. The highest BCUT2D eigenvalue weighted by Crippen LogP contribution is 2.35. The number of nitrogens with zero attached hydrogens (tertiary/aromatic N) is 1. The molecule has 0 amide bonds. The molecule has 0 bridgehead atoms. The van der Waals surface area contributed by atoms with Crippen LogP contribution in [0, 0.1) is 0 Å². The predicted molar refractivity (Wildman–Crippen MR) is 50.8 cm³/mol. The van der Waals surface area contributed by atoms with E-state index in [0.717, 1.165) is 12.0 Å². The molecule has 3 heteroatoms. The molecule has 0 aromatic carbocycles. The molecule has 0 radical (unpaired) electrons. The normalized spacial score (nSPS) is 22.2. The van der Waals surface area contributed by atoms with Gasteiger partial charge in [0.2, 0.25) is 0 Å². The Morgan fingerprint density at radius 2 is 2.38 bits per heavy atom. The molecular formula is C10H10ClNO. The number of ketones is 1. The van der Waals surface area contributed by atoms with Crippen molar-refractivity contribution >= 4 is 17.4 Å². The standard InChI is InChI=1S/C10H10ClNO/c11-10-6-12-4-3-9(10)7-1-2-8(13)5-7/h3-4,6-7H,1-2,5H2. The first kappa shape index (κ1) is 8.70. The van der Waals surface area contributed by atoms with E-state index < -0.39 is 0 Å². The van der Waals surface area contributed by atoms with Gasteiger partial charge in [-0.05, 0) is 24.0 Å².